The van der Waals surface area contributed by atoms with E-state index in [2.05, 4.69) is 5.32 Å². The Morgan fingerprint density at radius 3 is 2.09 bits per heavy atom. The molecule has 1 aliphatic carbocycles. The summed E-state index contributed by atoms with van der Waals surface area (Å²) in [5.74, 6) is -0.820. The molecule has 0 saturated heterocycles. The molecule has 10 heteroatoms. The molecule has 4 aromatic carbocycles. The monoisotopic (exact) mass is 691 g/mol. The number of sulfonamides is 1. The molecule has 246 valence electrons. The minimum absolute atomic E-state index is 0.00238. The molecule has 1 fully saturated rings. The maximum absolute atomic E-state index is 14.7. The number of rotatable bonds is 12. The zero-order chi connectivity index (χ0) is 33.4. The first-order chi connectivity index (χ1) is 22.6. The Bertz CT molecular complexity index is 1760. The Morgan fingerprint density at radius 2 is 1.45 bits per heavy atom. The average molecular weight is 693 g/mol. The van der Waals surface area contributed by atoms with E-state index in [1.165, 1.54) is 29.2 Å². The first-order valence-electron chi connectivity index (χ1n) is 15.8. The number of anilines is 1. The van der Waals surface area contributed by atoms with Crippen LogP contribution >= 0.6 is 23.2 Å². The van der Waals surface area contributed by atoms with E-state index in [9.17, 15) is 18.0 Å². The van der Waals surface area contributed by atoms with E-state index in [0.29, 0.717) is 0 Å². The zero-order valence-corrected chi connectivity index (χ0v) is 28.6. The van der Waals surface area contributed by atoms with Crippen LogP contribution in [0.4, 0.5) is 5.69 Å². The molecule has 0 aromatic heterocycles. The number of halogens is 2. The first-order valence-corrected chi connectivity index (χ1v) is 18.0. The van der Waals surface area contributed by atoms with Gasteiger partial charge in [-0.2, -0.15) is 0 Å². The highest BCUT2D eigenvalue weighted by Crippen LogP contribution is 2.33. The molecule has 47 heavy (non-hydrogen) atoms. The van der Waals surface area contributed by atoms with Gasteiger partial charge in [-0.15, -0.1) is 0 Å². The fourth-order valence-electron chi connectivity index (χ4n) is 5.91. The van der Waals surface area contributed by atoms with Crippen LogP contribution in [0.1, 0.15) is 48.8 Å². The third kappa shape index (κ3) is 8.95. The number of amides is 2. The number of hydrogen-bond acceptors (Lipinski definition) is 4. The highest BCUT2D eigenvalue weighted by atomic mass is 35.5. The van der Waals surface area contributed by atoms with Crippen LogP contribution in [0.15, 0.2) is 108 Å². The van der Waals surface area contributed by atoms with Gasteiger partial charge in [0.25, 0.3) is 10.0 Å². The zero-order valence-electron chi connectivity index (χ0n) is 26.3. The second kappa shape index (κ2) is 15.8. The molecule has 5 rings (SSSR count). The lowest BCUT2D eigenvalue weighted by Gasteiger charge is -2.35. The van der Waals surface area contributed by atoms with Gasteiger partial charge < -0.3 is 10.2 Å². The maximum Gasteiger partial charge on any atom is 0.264 e. The minimum Gasteiger partial charge on any atom is -0.352 e. The lowest BCUT2D eigenvalue weighted by atomic mass is 9.94. The Balaban J connectivity index is 1.57. The third-order valence-electron chi connectivity index (χ3n) is 8.48. The molecule has 1 saturated carbocycles. The summed E-state index contributed by atoms with van der Waals surface area (Å²) in [6.45, 7) is 1.35. The van der Waals surface area contributed by atoms with E-state index in [-0.39, 0.29) is 45.5 Å². The second-order valence-corrected chi connectivity index (χ2v) is 14.7. The number of carbonyl (C=O) groups excluding carboxylic acids is 2. The molecule has 0 unspecified atom stereocenters. The summed E-state index contributed by atoms with van der Waals surface area (Å²) >= 11 is 12.9. The van der Waals surface area contributed by atoms with Gasteiger partial charge >= 0.3 is 0 Å². The van der Waals surface area contributed by atoms with Gasteiger partial charge in [0.05, 0.1) is 15.6 Å². The van der Waals surface area contributed by atoms with Gasteiger partial charge in [0, 0.05) is 24.0 Å². The van der Waals surface area contributed by atoms with Crippen molar-refractivity contribution in [3.05, 3.63) is 130 Å². The molecule has 1 aliphatic rings. The molecule has 4 aromatic rings. The molecule has 1 N–H and O–H groups in total. The van der Waals surface area contributed by atoms with Crippen molar-refractivity contribution in [3.8, 4) is 0 Å². The number of hydrogen-bond donors (Lipinski definition) is 1. The Hall–Kier alpha value is -3.85. The summed E-state index contributed by atoms with van der Waals surface area (Å²) in [4.78, 5) is 30.3. The summed E-state index contributed by atoms with van der Waals surface area (Å²) < 4.78 is 29.5. The van der Waals surface area contributed by atoms with Crippen LogP contribution < -0.4 is 9.62 Å². The van der Waals surface area contributed by atoms with Crippen molar-refractivity contribution in [1.82, 2.24) is 10.2 Å². The van der Waals surface area contributed by atoms with Gasteiger partial charge in [-0.1, -0.05) is 121 Å². The fourth-order valence-corrected chi connectivity index (χ4v) is 7.77. The topological polar surface area (TPSA) is 86.8 Å². The molecule has 2 amide bonds. The maximum atomic E-state index is 14.7. The molecule has 0 spiro atoms. The Morgan fingerprint density at radius 1 is 0.830 bits per heavy atom. The average Bonchev–Trinajstić information content (AvgIpc) is 3.08. The highest BCUT2D eigenvalue weighted by molar-refractivity contribution is 7.92. The third-order valence-corrected chi connectivity index (χ3v) is 10.8. The Kier molecular flexibility index (Phi) is 11.6. The van der Waals surface area contributed by atoms with Crippen molar-refractivity contribution < 1.29 is 18.0 Å². The van der Waals surface area contributed by atoms with E-state index in [0.717, 1.165) is 53.1 Å². The standard InChI is InChI=1S/C37H39Cl2N3O4S/c1-27-17-20-32(21-18-27)47(45,46)42(34-24-30(38)19-22-33(34)39)26-36(43)41(25-29-13-7-3-8-14-29)35(23-28-11-5-2-6-12-28)37(44)40-31-15-9-4-10-16-31/h2-3,5-8,11-14,17-22,24,31,35H,4,9-10,15-16,23,25-26H2,1H3,(H,40,44)/t35-/m1/s1. The Labute approximate surface area is 287 Å². The van der Waals surface area contributed by atoms with Crippen LogP contribution in [-0.2, 0) is 32.6 Å². The molecule has 0 aliphatic heterocycles. The van der Waals surface area contributed by atoms with Crippen molar-refractivity contribution in [2.75, 3.05) is 10.8 Å². The molecule has 0 radical (unpaired) electrons. The first kappa shape index (κ1) is 34.5. The lowest BCUT2D eigenvalue weighted by molar-refractivity contribution is -0.140. The SMILES string of the molecule is Cc1ccc(S(=O)(=O)N(CC(=O)N(Cc2ccccc2)[C@H](Cc2ccccc2)C(=O)NC2CCCCC2)c2cc(Cl)ccc2Cl)cc1. The predicted octanol–water partition coefficient (Wildman–Crippen LogP) is 7.59. The van der Waals surface area contributed by atoms with Crippen molar-refractivity contribution >= 4 is 50.7 Å². The van der Waals surface area contributed by atoms with Crippen LogP contribution in [0.3, 0.4) is 0 Å². The largest absolute Gasteiger partial charge is 0.352 e. The summed E-state index contributed by atoms with van der Waals surface area (Å²) in [7, 11) is -4.30. The van der Waals surface area contributed by atoms with Gasteiger partial charge in [0.2, 0.25) is 11.8 Å². The molecule has 7 nitrogen and oxygen atoms in total. The van der Waals surface area contributed by atoms with Gasteiger partial charge in [-0.05, 0) is 61.2 Å². The predicted molar refractivity (Wildman–Crippen MR) is 188 cm³/mol. The van der Waals surface area contributed by atoms with Gasteiger partial charge in [0.15, 0.2) is 0 Å². The van der Waals surface area contributed by atoms with Crippen molar-refractivity contribution in [2.45, 2.75) is 69.0 Å². The van der Waals surface area contributed by atoms with E-state index in [1.807, 2.05) is 67.6 Å². The molecule has 1 atom stereocenters. The van der Waals surface area contributed by atoms with Gasteiger partial charge in [0.1, 0.15) is 12.6 Å². The van der Waals surface area contributed by atoms with Crippen LogP contribution in [0, 0.1) is 6.92 Å². The number of nitrogens with one attached hydrogen (secondary N) is 1. The fraction of sp³-hybridized carbons (Fsp3) is 0.297. The van der Waals surface area contributed by atoms with Gasteiger partial charge in [-0.25, -0.2) is 8.42 Å². The molecule has 0 heterocycles. The lowest BCUT2D eigenvalue weighted by Crippen LogP contribution is -2.55. The smallest absolute Gasteiger partial charge is 0.264 e. The minimum atomic E-state index is -4.30. The van der Waals surface area contributed by atoms with E-state index in [4.69, 9.17) is 23.2 Å². The molecule has 0 bridgehead atoms. The molecular formula is C37H39Cl2N3O4S. The highest BCUT2D eigenvalue weighted by Gasteiger charge is 2.36. The van der Waals surface area contributed by atoms with Crippen LogP contribution in [0.2, 0.25) is 10.0 Å². The number of aryl methyl sites for hydroxylation is 1. The van der Waals surface area contributed by atoms with E-state index in [1.54, 1.807) is 18.2 Å². The van der Waals surface area contributed by atoms with Crippen molar-refractivity contribution in [3.63, 3.8) is 0 Å². The van der Waals surface area contributed by atoms with E-state index < -0.39 is 28.5 Å². The van der Waals surface area contributed by atoms with Crippen molar-refractivity contribution in [2.24, 2.45) is 0 Å². The summed E-state index contributed by atoms with van der Waals surface area (Å²) in [5, 5.41) is 3.59. The number of carbonyl (C=O) groups is 2. The normalized spacial score (nSPS) is 14.3. The number of benzene rings is 4. The van der Waals surface area contributed by atoms with Crippen LogP contribution in [-0.4, -0.2) is 43.8 Å². The molecular weight excluding hydrogens is 653 g/mol. The summed E-state index contributed by atoms with van der Waals surface area (Å²) in [6.07, 6.45) is 5.22. The van der Waals surface area contributed by atoms with Crippen molar-refractivity contribution in [1.29, 1.82) is 0 Å². The number of nitrogens with zero attached hydrogens (tertiary/aromatic N) is 2. The van der Waals surface area contributed by atoms with Crippen LogP contribution in [0.25, 0.3) is 0 Å². The van der Waals surface area contributed by atoms with Gasteiger partial charge in [-0.3, -0.25) is 13.9 Å². The van der Waals surface area contributed by atoms with Crippen LogP contribution in [0.5, 0.6) is 0 Å². The quantitative estimate of drug-likeness (QED) is 0.166. The second-order valence-electron chi connectivity index (χ2n) is 12.0. The summed E-state index contributed by atoms with van der Waals surface area (Å²) in [5.41, 5.74) is 2.63. The van der Waals surface area contributed by atoms with E-state index >= 15 is 0 Å². The summed E-state index contributed by atoms with van der Waals surface area (Å²) in [6, 6.07) is 28.9.